The first-order valence-corrected chi connectivity index (χ1v) is 8.91. The summed E-state index contributed by atoms with van der Waals surface area (Å²) in [5.41, 5.74) is 1.26. The molecule has 0 saturated carbocycles. The van der Waals surface area contributed by atoms with Crippen molar-refractivity contribution in [2.75, 3.05) is 33.9 Å². The third kappa shape index (κ3) is 11.2. The van der Waals surface area contributed by atoms with Gasteiger partial charge in [-0.3, -0.25) is 9.79 Å². The van der Waals surface area contributed by atoms with Crippen molar-refractivity contribution in [1.29, 1.82) is 0 Å². The van der Waals surface area contributed by atoms with Crippen molar-refractivity contribution in [3.05, 3.63) is 29.8 Å². The molecule has 1 aromatic carbocycles. The number of ether oxygens (including phenoxy) is 2. The topological polar surface area (TPSA) is 72.0 Å². The molecule has 0 saturated heterocycles. The number of nitrogens with zero attached hydrogens (tertiary/aromatic N) is 1. The van der Waals surface area contributed by atoms with E-state index in [0.717, 1.165) is 57.0 Å². The molecule has 0 aliphatic carbocycles. The first kappa shape index (κ1) is 24.5. The summed E-state index contributed by atoms with van der Waals surface area (Å²) in [6.07, 6.45) is 4.20. The SMILES string of the molecule is CCNC(=NCCCCCC(=O)OC)NCCc1ccc(OC)cc1.I. The number of benzene rings is 1. The van der Waals surface area contributed by atoms with Crippen molar-refractivity contribution < 1.29 is 14.3 Å². The molecule has 0 heterocycles. The van der Waals surface area contributed by atoms with E-state index in [-0.39, 0.29) is 29.9 Å². The lowest BCUT2D eigenvalue weighted by atomic mass is 10.1. The van der Waals surface area contributed by atoms with E-state index in [1.54, 1.807) is 7.11 Å². The van der Waals surface area contributed by atoms with Crippen molar-refractivity contribution >= 4 is 35.9 Å². The number of guanidine groups is 1. The van der Waals surface area contributed by atoms with Gasteiger partial charge in [-0.2, -0.15) is 0 Å². The Labute approximate surface area is 174 Å². The van der Waals surface area contributed by atoms with Gasteiger partial charge in [0.25, 0.3) is 0 Å². The fourth-order valence-electron chi connectivity index (χ4n) is 2.31. The van der Waals surface area contributed by atoms with Gasteiger partial charge in [-0.25, -0.2) is 0 Å². The van der Waals surface area contributed by atoms with Crippen LogP contribution in [0.2, 0.25) is 0 Å². The van der Waals surface area contributed by atoms with Gasteiger partial charge in [0.2, 0.25) is 0 Å². The monoisotopic (exact) mass is 477 g/mol. The molecule has 0 unspecified atom stereocenters. The molecule has 0 aliphatic heterocycles. The zero-order valence-corrected chi connectivity index (χ0v) is 18.4. The van der Waals surface area contributed by atoms with Crippen molar-refractivity contribution in [3.8, 4) is 5.75 Å². The number of nitrogens with one attached hydrogen (secondary N) is 2. The minimum absolute atomic E-state index is 0. The number of halogens is 1. The largest absolute Gasteiger partial charge is 0.497 e. The third-order valence-corrected chi connectivity index (χ3v) is 3.75. The van der Waals surface area contributed by atoms with Crippen LogP contribution in [0.1, 0.15) is 38.2 Å². The van der Waals surface area contributed by atoms with E-state index >= 15 is 0 Å². The Bertz CT molecular complexity index is 521. The second kappa shape index (κ2) is 15.7. The standard InChI is InChI=1S/C19H31N3O3.HI/c1-4-20-19(21-14-7-5-6-8-18(23)25-3)22-15-13-16-9-11-17(24-2)12-10-16;/h9-12H,4-8,13-15H2,1-3H3,(H2,20,21,22);1H. The summed E-state index contributed by atoms with van der Waals surface area (Å²) in [6.45, 7) is 4.45. The summed E-state index contributed by atoms with van der Waals surface area (Å²) >= 11 is 0. The van der Waals surface area contributed by atoms with Crippen LogP contribution in [0.15, 0.2) is 29.3 Å². The number of aliphatic imine (C=N–C) groups is 1. The van der Waals surface area contributed by atoms with Crippen LogP contribution < -0.4 is 15.4 Å². The number of hydrogen-bond donors (Lipinski definition) is 2. The molecule has 0 spiro atoms. The second-order valence-electron chi connectivity index (χ2n) is 5.67. The number of methoxy groups -OCH3 is 2. The Hall–Kier alpha value is -1.51. The van der Waals surface area contributed by atoms with Gasteiger partial charge in [0.1, 0.15) is 5.75 Å². The predicted molar refractivity (Wildman–Crippen MR) is 117 cm³/mol. The summed E-state index contributed by atoms with van der Waals surface area (Å²) in [5, 5.41) is 6.60. The lowest BCUT2D eigenvalue weighted by Gasteiger charge is -2.11. The minimum Gasteiger partial charge on any atom is -0.497 e. The molecular formula is C19H32IN3O3. The van der Waals surface area contributed by atoms with E-state index in [0.29, 0.717) is 6.42 Å². The molecule has 0 fully saturated rings. The Morgan fingerprint density at radius 2 is 1.81 bits per heavy atom. The summed E-state index contributed by atoms with van der Waals surface area (Å²) in [5.74, 6) is 1.57. The second-order valence-corrected chi connectivity index (χ2v) is 5.67. The van der Waals surface area contributed by atoms with Crippen molar-refractivity contribution in [3.63, 3.8) is 0 Å². The zero-order chi connectivity index (χ0) is 18.3. The predicted octanol–water partition coefficient (Wildman–Crippen LogP) is 3.14. The van der Waals surface area contributed by atoms with E-state index in [2.05, 4.69) is 39.4 Å². The maximum Gasteiger partial charge on any atom is 0.305 e. The van der Waals surface area contributed by atoms with Crippen molar-refractivity contribution in [2.45, 2.75) is 39.0 Å². The fourth-order valence-corrected chi connectivity index (χ4v) is 2.31. The minimum atomic E-state index is -0.142. The number of hydrogen-bond acceptors (Lipinski definition) is 4. The molecule has 0 aliphatic rings. The molecule has 1 aromatic rings. The van der Waals surface area contributed by atoms with Crippen LogP contribution in [0, 0.1) is 0 Å². The summed E-state index contributed by atoms with van der Waals surface area (Å²) in [4.78, 5) is 15.6. The highest BCUT2D eigenvalue weighted by Crippen LogP contribution is 2.11. The van der Waals surface area contributed by atoms with Crippen LogP contribution in [0.3, 0.4) is 0 Å². The maximum absolute atomic E-state index is 11.0. The first-order valence-electron chi connectivity index (χ1n) is 8.91. The average molecular weight is 477 g/mol. The molecule has 0 amide bonds. The number of esters is 1. The van der Waals surface area contributed by atoms with Gasteiger partial charge in [0.05, 0.1) is 14.2 Å². The summed E-state index contributed by atoms with van der Waals surface area (Å²) in [7, 11) is 3.10. The van der Waals surface area contributed by atoms with Crippen molar-refractivity contribution in [2.24, 2.45) is 4.99 Å². The molecule has 2 N–H and O–H groups in total. The van der Waals surface area contributed by atoms with Gasteiger partial charge in [0.15, 0.2) is 5.96 Å². The van der Waals surface area contributed by atoms with Gasteiger partial charge in [-0.05, 0) is 43.9 Å². The average Bonchev–Trinajstić information content (AvgIpc) is 2.64. The Morgan fingerprint density at radius 1 is 1.08 bits per heavy atom. The normalized spacial score (nSPS) is 10.7. The molecule has 7 heteroatoms. The molecule has 0 bridgehead atoms. The zero-order valence-electron chi connectivity index (χ0n) is 16.0. The van der Waals surface area contributed by atoms with Crippen LogP contribution in [0.4, 0.5) is 0 Å². The Kier molecular flexibility index (Phi) is 14.8. The molecule has 148 valence electrons. The summed E-state index contributed by atoms with van der Waals surface area (Å²) in [6, 6.07) is 8.10. The maximum atomic E-state index is 11.0. The lowest BCUT2D eigenvalue weighted by Crippen LogP contribution is -2.38. The highest BCUT2D eigenvalue weighted by atomic mass is 127. The van der Waals surface area contributed by atoms with Crippen LogP contribution in [-0.2, 0) is 16.0 Å². The molecule has 0 aromatic heterocycles. The number of carbonyl (C=O) groups excluding carboxylic acids is 1. The van der Waals surface area contributed by atoms with E-state index in [4.69, 9.17) is 4.74 Å². The van der Waals surface area contributed by atoms with E-state index in [9.17, 15) is 4.79 Å². The van der Waals surface area contributed by atoms with E-state index in [1.807, 2.05) is 12.1 Å². The van der Waals surface area contributed by atoms with E-state index < -0.39 is 0 Å². The molecule has 0 radical (unpaired) electrons. The number of rotatable bonds is 11. The van der Waals surface area contributed by atoms with Gasteiger partial charge in [0, 0.05) is 26.1 Å². The molecule has 6 nitrogen and oxygen atoms in total. The van der Waals surface area contributed by atoms with Crippen LogP contribution in [0.25, 0.3) is 0 Å². The van der Waals surface area contributed by atoms with Crippen LogP contribution in [-0.4, -0.2) is 45.8 Å². The quantitative estimate of drug-likeness (QED) is 0.169. The third-order valence-electron chi connectivity index (χ3n) is 3.75. The Balaban J connectivity index is 0.00000625. The molecule has 1 rings (SSSR count). The smallest absolute Gasteiger partial charge is 0.305 e. The lowest BCUT2D eigenvalue weighted by molar-refractivity contribution is -0.140. The van der Waals surface area contributed by atoms with Crippen LogP contribution >= 0.6 is 24.0 Å². The van der Waals surface area contributed by atoms with Crippen molar-refractivity contribution in [1.82, 2.24) is 10.6 Å². The van der Waals surface area contributed by atoms with Gasteiger partial charge in [-0.15, -0.1) is 24.0 Å². The number of carbonyl (C=O) groups is 1. The first-order chi connectivity index (χ1) is 12.2. The molecular weight excluding hydrogens is 445 g/mol. The molecule has 26 heavy (non-hydrogen) atoms. The summed E-state index contributed by atoms with van der Waals surface area (Å²) < 4.78 is 9.79. The highest BCUT2D eigenvalue weighted by molar-refractivity contribution is 14.0. The van der Waals surface area contributed by atoms with Crippen LogP contribution in [0.5, 0.6) is 5.75 Å². The van der Waals surface area contributed by atoms with Gasteiger partial charge in [-0.1, -0.05) is 18.6 Å². The van der Waals surface area contributed by atoms with E-state index in [1.165, 1.54) is 12.7 Å². The number of unbranched alkanes of at least 4 members (excludes halogenated alkanes) is 2. The highest BCUT2D eigenvalue weighted by Gasteiger charge is 2.00. The molecule has 0 atom stereocenters. The van der Waals surface area contributed by atoms with Gasteiger partial charge >= 0.3 is 5.97 Å². The van der Waals surface area contributed by atoms with Gasteiger partial charge < -0.3 is 20.1 Å². The fraction of sp³-hybridized carbons (Fsp3) is 0.579. The Morgan fingerprint density at radius 3 is 2.42 bits per heavy atom.